The molecule has 0 aliphatic carbocycles. The summed E-state index contributed by atoms with van der Waals surface area (Å²) in [5, 5.41) is 25.3. The molecule has 0 heterocycles. The number of quaternary nitrogens is 1. The van der Waals surface area contributed by atoms with Crippen molar-refractivity contribution >= 4 is 17.8 Å². The number of hydrogen-bond acceptors (Lipinski definition) is 5. The second-order valence-electron chi connectivity index (χ2n) is 6.41. The third-order valence-corrected chi connectivity index (χ3v) is 4.11. The SMILES string of the molecule is [NH3+]C(Cc1ccc(O)cc1)C(=O)NCC(=O)NC(Cc1ccccc1)C(=O)[O-]. The third kappa shape index (κ3) is 6.73. The molecule has 0 spiro atoms. The minimum Gasteiger partial charge on any atom is -0.548 e. The maximum absolute atomic E-state index is 12.1. The number of phenols is 1. The van der Waals surface area contributed by atoms with Crippen molar-refractivity contribution in [3.63, 3.8) is 0 Å². The number of hydrogen-bond donors (Lipinski definition) is 4. The second-order valence-corrected chi connectivity index (χ2v) is 6.41. The number of carbonyl (C=O) groups excluding carboxylic acids is 3. The average molecular weight is 385 g/mol. The average Bonchev–Trinajstić information content (AvgIpc) is 2.68. The van der Waals surface area contributed by atoms with E-state index in [-0.39, 0.29) is 18.7 Å². The van der Waals surface area contributed by atoms with Gasteiger partial charge in [0.15, 0.2) is 6.04 Å². The van der Waals surface area contributed by atoms with Gasteiger partial charge in [-0.15, -0.1) is 0 Å². The van der Waals surface area contributed by atoms with Crippen LogP contribution in [0.15, 0.2) is 54.6 Å². The Morgan fingerprint density at radius 2 is 1.57 bits per heavy atom. The lowest BCUT2D eigenvalue weighted by Gasteiger charge is -2.20. The zero-order valence-corrected chi connectivity index (χ0v) is 15.3. The Morgan fingerprint density at radius 1 is 0.964 bits per heavy atom. The summed E-state index contributed by atoms with van der Waals surface area (Å²) >= 11 is 0. The number of carbonyl (C=O) groups is 3. The molecule has 0 saturated heterocycles. The minimum absolute atomic E-state index is 0.0850. The molecule has 0 radical (unpaired) electrons. The summed E-state index contributed by atoms with van der Waals surface area (Å²) < 4.78 is 0. The summed E-state index contributed by atoms with van der Waals surface area (Å²) in [6.45, 7) is -0.362. The Labute approximate surface area is 162 Å². The van der Waals surface area contributed by atoms with E-state index in [9.17, 15) is 24.6 Å². The molecular formula is C20H23N3O5. The van der Waals surface area contributed by atoms with E-state index in [4.69, 9.17) is 0 Å². The number of rotatable bonds is 9. The van der Waals surface area contributed by atoms with Crippen LogP contribution < -0.4 is 21.5 Å². The van der Waals surface area contributed by atoms with Gasteiger partial charge in [-0.05, 0) is 29.7 Å². The Morgan fingerprint density at radius 3 is 2.18 bits per heavy atom. The standard InChI is InChI=1S/C20H23N3O5/c21-16(10-14-6-8-15(24)9-7-14)19(26)22-12-18(25)23-17(20(27)28)11-13-4-2-1-3-5-13/h1-9,16-17,24H,10-12,21H2,(H,22,26)(H,23,25)(H,27,28). The smallest absolute Gasteiger partial charge is 0.278 e. The van der Waals surface area contributed by atoms with Crippen molar-refractivity contribution in [1.29, 1.82) is 0 Å². The zero-order valence-electron chi connectivity index (χ0n) is 15.3. The number of benzene rings is 2. The number of carboxylic acids is 1. The third-order valence-electron chi connectivity index (χ3n) is 4.11. The van der Waals surface area contributed by atoms with Crippen LogP contribution in [0.25, 0.3) is 0 Å². The molecule has 8 nitrogen and oxygen atoms in total. The zero-order chi connectivity index (χ0) is 20.5. The number of amides is 2. The molecule has 0 bridgehead atoms. The van der Waals surface area contributed by atoms with Crippen LogP contribution in [0.3, 0.4) is 0 Å². The van der Waals surface area contributed by atoms with Gasteiger partial charge < -0.3 is 31.4 Å². The van der Waals surface area contributed by atoms with Crippen molar-refractivity contribution in [2.24, 2.45) is 0 Å². The monoisotopic (exact) mass is 385 g/mol. The van der Waals surface area contributed by atoms with Crippen LogP contribution in [-0.4, -0.2) is 41.5 Å². The molecule has 2 atom stereocenters. The molecule has 2 unspecified atom stereocenters. The molecule has 2 aromatic carbocycles. The van der Waals surface area contributed by atoms with Gasteiger partial charge in [0.1, 0.15) is 5.75 Å². The van der Waals surface area contributed by atoms with Crippen molar-refractivity contribution in [2.75, 3.05) is 6.54 Å². The quantitative estimate of drug-likeness (QED) is 0.400. The minimum atomic E-state index is -1.40. The Balaban J connectivity index is 1.81. The first kappa shape index (κ1) is 20.9. The van der Waals surface area contributed by atoms with E-state index in [0.29, 0.717) is 6.42 Å². The number of aromatic hydroxyl groups is 1. The van der Waals surface area contributed by atoms with Crippen LogP contribution in [0.2, 0.25) is 0 Å². The Hall–Kier alpha value is -3.39. The van der Waals surface area contributed by atoms with Crippen molar-refractivity contribution in [2.45, 2.75) is 24.9 Å². The van der Waals surface area contributed by atoms with Crippen molar-refractivity contribution < 1.29 is 30.3 Å². The van der Waals surface area contributed by atoms with Gasteiger partial charge in [0.2, 0.25) is 5.91 Å². The van der Waals surface area contributed by atoms with Crippen LogP contribution in [0, 0.1) is 0 Å². The lowest BCUT2D eigenvalue weighted by molar-refractivity contribution is -0.403. The van der Waals surface area contributed by atoms with Crippen LogP contribution in [-0.2, 0) is 27.2 Å². The molecule has 0 fully saturated rings. The number of carboxylic acid groups (broad SMARTS) is 1. The highest BCUT2D eigenvalue weighted by Gasteiger charge is 2.20. The van der Waals surface area contributed by atoms with Gasteiger partial charge in [-0.25, -0.2) is 0 Å². The maximum Gasteiger partial charge on any atom is 0.278 e. The van der Waals surface area contributed by atoms with Crippen molar-refractivity contribution in [1.82, 2.24) is 10.6 Å². The van der Waals surface area contributed by atoms with Gasteiger partial charge in [-0.1, -0.05) is 42.5 Å². The van der Waals surface area contributed by atoms with Crippen LogP contribution in [0.1, 0.15) is 11.1 Å². The van der Waals surface area contributed by atoms with E-state index >= 15 is 0 Å². The van der Waals surface area contributed by atoms with Crippen molar-refractivity contribution in [3.05, 3.63) is 65.7 Å². The van der Waals surface area contributed by atoms with E-state index in [2.05, 4.69) is 16.4 Å². The van der Waals surface area contributed by atoms with Crippen LogP contribution >= 0.6 is 0 Å². The normalized spacial score (nSPS) is 12.6. The molecule has 2 amide bonds. The van der Waals surface area contributed by atoms with Crippen LogP contribution in [0.4, 0.5) is 0 Å². The van der Waals surface area contributed by atoms with Gasteiger partial charge >= 0.3 is 0 Å². The van der Waals surface area contributed by atoms with E-state index in [0.717, 1.165) is 11.1 Å². The lowest BCUT2D eigenvalue weighted by Crippen LogP contribution is -2.68. The fraction of sp³-hybridized carbons (Fsp3) is 0.250. The molecule has 2 aromatic rings. The highest BCUT2D eigenvalue weighted by Crippen LogP contribution is 2.10. The number of aliphatic carboxylic acids is 1. The van der Waals surface area contributed by atoms with Crippen LogP contribution in [0.5, 0.6) is 5.75 Å². The number of nitrogens with one attached hydrogen (secondary N) is 2. The predicted molar refractivity (Wildman–Crippen MR) is 98.6 cm³/mol. The summed E-state index contributed by atoms with van der Waals surface area (Å²) in [6.07, 6.45) is 0.422. The molecular weight excluding hydrogens is 362 g/mol. The van der Waals surface area contributed by atoms with Gasteiger partial charge in [0.05, 0.1) is 18.6 Å². The molecule has 0 aliphatic heterocycles. The van der Waals surface area contributed by atoms with E-state index in [1.807, 2.05) is 0 Å². The predicted octanol–water partition coefficient (Wildman–Crippen LogP) is -1.86. The van der Waals surface area contributed by atoms with Crippen molar-refractivity contribution in [3.8, 4) is 5.75 Å². The first-order valence-corrected chi connectivity index (χ1v) is 8.78. The molecule has 2 rings (SSSR count). The Bertz CT molecular complexity index is 808. The van der Waals surface area contributed by atoms with Gasteiger partial charge in [0, 0.05) is 6.42 Å². The summed E-state index contributed by atoms with van der Waals surface area (Å²) in [5.74, 6) is -2.33. The lowest BCUT2D eigenvalue weighted by atomic mass is 10.1. The topological polar surface area (TPSA) is 146 Å². The first-order chi connectivity index (χ1) is 13.3. The number of phenolic OH excluding ortho intramolecular Hbond substituents is 1. The fourth-order valence-corrected chi connectivity index (χ4v) is 2.61. The highest BCUT2D eigenvalue weighted by atomic mass is 16.4. The van der Waals surface area contributed by atoms with E-state index < -0.39 is 29.9 Å². The molecule has 0 aromatic heterocycles. The summed E-state index contributed by atoms with van der Waals surface area (Å²) in [4.78, 5) is 35.4. The molecule has 0 saturated carbocycles. The van der Waals surface area contributed by atoms with Gasteiger partial charge in [-0.3, -0.25) is 9.59 Å². The van der Waals surface area contributed by atoms with Gasteiger partial charge in [-0.2, -0.15) is 0 Å². The highest BCUT2D eigenvalue weighted by molar-refractivity contribution is 5.88. The first-order valence-electron chi connectivity index (χ1n) is 8.78. The van der Waals surface area contributed by atoms with Gasteiger partial charge in [0.25, 0.3) is 5.91 Å². The maximum atomic E-state index is 12.1. The molecule has 148 valence electrons. The molecule has 28 heavy (non-hydrogen) atoms. The largest absolute Gasteiger partial charge is 0.548 e. The summed E-state index contributed by atoms with van der Waals surface area (Å²) in [6, 6.07) is 13.4. The fourth-order valence-electron chi connectivity index (χ4n) is 2.61. The summed E-state index contributed by atoms with van der Waals surface area (Å²) in [5.41, 5.74) is 5.33. The molecule has 0 aliphatic rings. The molecule has 6 N–H and O–H groups in total. The molecule has 8 heteroatoms. The summed E-state index contributed by atoms with van der Waals surface area (Å²) in [7, 11) is 0. The van der Waals surface area contributed by atoms with E-state index in [1.165, 1.54) is 12.1 Å². The Kier molecular flexibility index (Phi) is 7.53. The van der Waals surface area contributed by atoms with E-state index in [1.54, 1.807) is 42.5 Å². The second kappa shape index (κ2) is 10.1.